The van der Waals surface area contributed by atoms with Gasteiger partial charge in [-0.3, -0.25) is 4.79 Å². The number of aryl methyl sites for hydroxylation is 1. The molecule has 0 amide bonds. The minimum Gasteiger partial charge on any atom is -0.481 e. The number of halogens is 1. The van der Waals surface area contributed by atoms with Crippen LogP contribution in [0, 0.1) is 6.92 Å². The molecule has 2 rings (SSSR count). The zero-order valence-electron chi connectivity index (χ0n) is 9.29. The van der Waals surface area contributed by atoms with Gasteiger partial charge in [-0.15, -0.1) is 0 Å². The first kappa shape index (κ1) is 11.6. The molecule has 1 aliphatic carbocycles. The number of rotatable bonds is 3. The maximum atomic E-state index is 10.9. The first-order valence-corrected chi connectivity index (χ1v) is 6.31. The predicted octanol–water partition coefficient (Wildman–Crippen LogP) is 3.65. The number of carboxylic acid groups (broad SMARTS) is 1. The van der Waals surface area contributed by atoms with E-state index in [4.69, 9.17) is 5.11 Å². The predicted molar refractivity (Wildman–Crippen MR) is 66.7 cm³/mol. The second-order valence-electron chi connectivity index (χ2n) is 4.67. The summed E-state index contributed by atoms with van der Waals surface area (Å²) in [4.78, 5) is 10.9. The smallest absolute Gasteiger partial charge is 0.304 e. The fraction of sp³-hybridized carbons (Fsp3) is 0.462. The van der Waals surface area contributed by atoms with Crippen molar-refractivity contribution in [3.63, 3.8) is 0 Å². The first-order valence-electron chi connectivity index (χ1n) is 5.52. The van der Waals surface area contributed by atoms with E-state index >= 15 is 0 Å². The Morgan fingerprint density at radius 2 is 2.19 bits per heavy atom. The zero-order chi connectivity index (χ0) is 11.8. The summed E-state index contributed by atoms with van der Waals surface area (Å²) in [5, 5.41) is 8.99. The maximum absolute atomic E-state index is 10.9. The highest BCUT2D eigenvalue weighted by molar-refractivity contribution is 9.10. The SMILES string of the molecule is Cc1cc(C2(CC(=O)O)CCC2)ccc1Br. The van der Waals surface area contributed by atoms with Crippen LogP contribution >= 0.6 is 15.9 Å². The van der Waals surface area contributed by atoms with Gasteiger partial charge in [0.25, 0.3) is 0 Å². The lowest BCUT2D eigenvalue weighted by molar-refractivity contribution is -0.139. The number of hydrogen-bond acceptors (Lipinski definition) is 1. The largest absolute Gasteiger partial charge is 0.481 e. The number of aliphatic carboxylic acids is 1. The molecular weight excluding hydrogens is 268 g/mol. The molecule has 3 heteroatoms. The molecule has 0 unspecified atom stereocenters. The van der Waals surface area contributed by atoms with Crippen LogP contribution in [0.1, 0.15) is 36.8 Å². The van der Waals surface area contributed by atoms with Crippen LogP contribution in [0.5, 0.6) is 0 Å². The van der Waals surface area contributed by atoms with Crippen molar-refractivity contribution in [3.05, 3.63) is 33.8 Å². The third-order valence-electron chi connectivity index (χ3n) is 3.57. The van der Waals surface area contributed by atoms with E-state index in [0.717, 1.165) is 23.7 Å². The van der Waals surface area contributed by atoms with Crippen LogP contribution in [-0.4, -0.2) is 11.1 Å². The highest BCUT2D eigenvalue weighted by Gasteiger charge is 2.40. The van der Waals surface area contributed by atoms with E-state index < -0.39 is 5.97 Å². The van der Waals surface area contributed by atoms with Gasteiger partial charge >= 0.3 is 5.97 Å². The third-order valence-corrected chi connectivity index (χ3v) is 4.46. The van der Waals surface area contributed by atoms with Gasteiger partial charge in [-0.05, 0) is 37.0 Å². The molecule has 0 bridgehead atoms. The Bertz CT molecular complexity index is 422. The normalized spacial score (nSPS) is 17.9. The van der Waals surface area contributed by atoms with Crippen molar-refractivity contribution in [1.29, 1.82) is 0 Å². The van der Waals surface area contributed by atoms with E-state index in [1.165, 1.54) is 11.1 Å². The molecule has 2 nitrogen and oxygen atoms in total. The topological polar surface area (TPSA) is 37.3 Å². The summed E-state index contributed by atoms with van der Waals surface area (Å²) >= 11 is 3.47. The summed E-state index contributed by atoms with van der Waals surface area (Å²) in [5.74, 6) is -0.694. The van der Waals surface area contributed by atoms with E-state index in [9.17, 15) is 4.79 Å². The van der Waals surface area contributed by atoms with Gasteiger partial charge < -0.3 is 5.11 Å². The highest BCUT2D eigenvalue weighted by atomic mass is 79.9. The average Bonchev–Trinajstić information content (AvgIpc) is 2.16. The Morgan fingerprint density at radius 1 is 1.50 bits per heavy atom. The molecule has 16 heavy (non-hydrogen) atoms. The molecule has 1 aromatic carbocycles. The van der Waals surface area contributed by atoms with Crippen molar-refractivity contribution in [2.24, 2.45) is 0 Å². The van der Waals surface area contributed by atoms with Crippen LogP contribution in [-0.2, 0) is 10.2 Å². The molecule has 0 spiro atoms. The lowest BCUT2D eigenvalue weighted by atomic mass is 9.62. The summed E-state index contributed by atoms with van der Waals surface area (Å²) < 4.78 is 1.08. The van der Waals surface area contributed by atoms with Crippen LogP contribution in [0.2, 0.25) is 0 Å². The fourth-order valence-corrected chi connectivity index (χ4v) is 2.68. The quantitative estimate of drug-likeness (QED) is 0.919. The Kier molecular flexibility index (Phi) is 3.06. The minimum atomic E-state index is -0.694. The summed E-state index contributed by atoms with van der Waals surface area (Å²) in [5.41, 5.74) is 2.26. The standard InChI is InChI=1S/C13H15BrO2/c1-9-7-10(3-4-11(9)14)13(5-2-6-13)8-12(15)16/h3-4,7H,2,5-6,8H2,1H3,(H,15,16). The third kappa shape index (κ3) is 2.01. The molecular formula is C13H15BrO2. The van der Waals surface area contributed by atoms with Gasteiger partial charge in [0.1, 0.15) is 0 Å². The Balaban J connectivity index is 2.33. The molecule has 0 radical (unpaired) electrons. The number of benzene rings is 1. The molecule has 1 N–H and O–H groups in total. The van der Waals surface area contributed by atoms with Gasteiger partial charge in [0.2, 0.25) is 0 Å². The highest BCUT2D eigenvalue weighted by Crippen LogP contribution is 2.47. The van der Waals surface area contributed by atoms with Gasteiger partial charge in [-0.1, -0.05) is 34.5 Å². The number of hydrogen-bond donors (Lipinski definition) is 1. The van der Waals surface area contributed by atoms with E-state index in [0.29, 0.717) is 0 Å². The molecule has 86 valence electrons. The van der Waals surface area contributed by atoms with Crippen LogP contribution in [0.15, 0.2) is 22.7 Å². The number of carboxylic acids is 1. The summed E-state index contributed by atoms with van der Waals surface area (Å²) in [7, 11) is 0. The molecule has 1 aromatic rings. The first-order chi connectivity index (χ1) is 7.53. The van der Waals surface area contributed by atoms with Crippen LogP contribution in [0.4, 0.5) is 0 Å². The Labute approximate surface area is 104 Å². The van der Waals surface area contributed by atoms with Crippen LogP contribution < -0.4 is 0 Å². The van der Waals surface area contributed by atoms with Crippen molar-refractivity contribution in [3.8, 4) is 0 Å². The molecule has 1 fully saturated rings. The van der Waals surface area contributed by atoms with E-state index in [2.05, 4.69) is 28.1 Å². The Morgan fingerprint density at radius 3 is 2.62 bits per heavy atom. The van der Waals surface area contributed by atoms with Gasteiger partial charge in [0.05, 0.1) is 6.42 Å². The molecule has 0 aliphatic heterocycles. The molecule has 1 aliphatic rings. The molecule has 0 aromatic heterocycles. The minimum absolute atomic E-state index is 0.0999. The molecule has 0 heterocycles. The van der Waals surface area contributed by atoms with E-state index in [1.54, 1.807) is 0 Å². The van der Waals surface area contributed by atoms with Crippen LogP contribution in [0.3, 0.4) is 0 Å². The Hall–Kier alpha value is -0.830. The van der Waals surface area contributed by atoms with Crippen molar-refractivity contribution < 1.29 is 9.90 Å². The van der Waals surface area contributed by atoms with Crippen molar-refractivity contribution in [2.45, 2.75) is 38.0 Å². The molecule has 1 saturated carbocycles. The average molecular weight is 283 g/mol. The number of carbonyl (C=O) groups is 1. The van der Waals surface area contributed by atoms with Gasteiger partial charge in [0.15, 0.2) is 0 Å². The van der Waals surface area contributed by atoms with Gasteiger partial charge in [0, 0.05) is 9.89 Å². The van der Waals surface area contributed by atoms with Crippen molar-refractivity contribution in [1.82, 2.24) is 0 Å². The second kappa shape index (κ2) is 4.21. The molecule has 0 saturated heterocycles. The van der Waals surface area contributed by atoms with Crippen LogP contribution in [0.25, 0.3) is 0 Å². The second-order valence-corrected chi connectivity index (χ2v) is 5.52. The van der Waals surface area contributed by atoms with E-state index in [-0.39, 0.29) is 11.8 Å². The maximum Gasteiger partial charge on any atom is 0.304 e. The monoisotopic (exact) mass is 282 g/mol. The molecule has 0 atom stereocenters. The van der Waals surface area contributed by atoms with E-state index in [1.807, 2.05) is 13.0 Å². The lowest BCUT2D eigenvalue weighted by Gasteiger charge is -2.41. The lowest BCUT2D eigenvalue weighted by Crippen LogP contribution is -2.36. The van der Waals surface area contributed by atoms with Gasteiger partial charge in [-0.2, -0.15) is 0 Å². The van der Waals surface area contributed by atoms with Crippen molar-refractivity contribution >= 4 is 21.9 Å². The van der Waals surface area contributed by atoms with Crippen molar-refractivity contribution in [2.75, 3.05) is 0 Å². The summed E-state index contributed by atoms with van der Waals surface area (Å²) in [6, 6.07) is 6.19. The summed E-state index contributed by atoms with van der Waals surface area (Å²) in [6.07, 6.45) is 3.40. The van der Waals surface area contributed by atoms with Gasteiger partial charge in [-0.25, -0.2) is 0 Å². The fourth-order valence-electron chi connectivity index (χ4n) is 2.44. The summed E-state index contributed by atoms with van der Waals surface area (Å²) in [6.45, 7) is 2.04. The zero-order valence-corrected chi connectivity index (χ0v) is 10.9.